The van der Waals surface area contributed by atoms with Crippen LogP contribution in [0.2, 0.25) is 0 Å². The van der Waals surface area contributed by atoms with Crippen LogP contribution in [0.5, 0.6) is 11.6 Å². The van der Waals surface area contributed by atoms with Gasteiger partial charge in [0.25, 0.3) is 0 Å². The average Bonchev–Trinajstić information content (AvgIpc) is 2.67. The zero-order valence-corrected chi connectivity index (χ0v) is 16.3. The zero-order valence-electron chi connectivity index (χ0n) is 16.3. The van der Waals surface area contributed by atoms with Gasteiger partial charge in [0.1, 0.15) is 11.4 Å². The van der Waals surface area contributed by atoms with Gasteiger partial charge in [-0.05, 0) is 48.7 Å². The number of ether oxygens (including phenoxy) is 2. The second kappa shape index (κ2) is 8.48. The number of aromatic nitrogens is 3. The van der Waals surface area contributed by atoms with E-state index in [4.69, 9.17) is 4.74 Å². The Balaban J connectivity index is 1.89. The molecule has 152 valence electrons. The molecule has 2 aromatic heterocycles. The van der Waals surface area contributed by atoms with Crippen LogP contribution in [0.1, 0.15) is 30.8 Å². The molecule has 8 heteroatoms. The minimum Gasteiger partial charge on any atom is -0.481 e. The van der Waals surface area contributed by atoms with E-state index in [0.29, 0.717) is 29.3 Å². The van der Waals surface area contributed by atoms with Crippen molar-refractivity contribution in [3.8, 4) is 22.8 Å². The fourth-order valence-corrected chi connectivity index (χ4v) is 2.80. The first-order chi connectivity index (χ1) is 13.8. The molecule has 6 nitrogen and oxygen atoms in total. The molecule has 0 aliphatic heterocycles. The van der Waals surface area contributed by atoms with E-state index in [-0.39, 0.29) is 5.75 Å². The van der Waals surface area contributed by atoms with Crippen molar-refractivity contribution in [2.24, 2.45) is 0 Å². The fourth-order valence-electron chi connectivity index (χ4n) is 2.80. The van der Waals surface area contributed by atoms with E-state index in [0.717, 1.165) is 11.1 Å². The van der Waals surface area contributed by atoms with Crippen LogP contribution < -0.4 is 9.47 Å². The molecule has 0 aliphatic carbocycles. The topological polar surface area (TPSA) is 77.4 Å². The van der Waals surface area contributed by atoms with Crippen molar-refractivity contribution in [2.75, 3.05) is 7.11 Å². The Morgan fingerprint density at radius 2 is 1.72 bits per heavy atom. The van der Waals surface area contributed by atoms with Crippen LogP contribution in [0.15, 0.2) is 48.9 Å². The van der Waals surface area contributed by atoms with E-state index in [2.05, 4.69) is 19.7 Å². The summed E-state index contributed by atoms with van der Waals surface area (Å²) in [5, 5.41) is 9.96. The van der Waals surface area contributed by atoms with Gasteiger partial charge >= 0.3 is 6.61 Å². The summed E-state index contributed by atoms with van der Waals surface area (Å²) in [7, 11) is 1.49. The van der Waals surface area contributed by atoms with Gasteiger partial charge in [-0.15, -0.1) is 0 Å². The normalized spacial score (nSPS) is 11.6. The molecule has 0 spiro atoms. The molecular formula is C21H21F2N3O3. The van der Waals surface area contributed by atoms with Crippen molar-refractivity contribution in [1.82, 2.24) is 15.0 Å². The Hall–Kier alpha value is -3.13. The first-order valence-electron chi connectivity index (χ1n) is 8.88. The van der Waals surface area contributed by atoms with Crippen LogP contribution in [-0.2, 0) is 12.0 Å². The van der Waals surface area contributed by atoms with Crippen molar-refractivity contribution in [2.45, 2.75) is 32.5 Å². The predicted molar refractivity (Wildman–Crippen MR) is 103 cm³/mol. The third-order valence-electron chi connectivity index (χ3n) is 4.13. The molecule has 0 saturated carbocycles. The van der Waals surface area contributed by atoms with E-state index < -0.39 is 12.2 Å². The van der Waals surface area contributed by atoms with Gasteiger partial charge in [-0.3, -0.25) is 0 Å². The minimum atomic E-state index is -2.90. The van der Waals surface area contributed by atoms with Crippen molar-refractivity contribution in [3.63, 3.8) is 0 Å². The summed E-state index contributed by atoms with van der Waals surface area (Å²) in [5.41, 5.74) is 1.88. The first-order valence-corrected chi connectivity index (χ1v) is 8.88. The second-order valence-corrected chi connectivity index (χ2v) is 6.96. The van der Waals surface area contributed by atoms with Gasteiger partial charge in [0.2, 0.25) is 5.88 Å². The molecule has 1 aromatic carbocycles. The smallest absolute Gasteiger partial charge is 0.387 e. The quantitative estimate of drug-likeness (QED) is 0.646. The second-order valence-electron chi connectivity index (χ2n) is 6.96. The maximum absolute atomic E-state index is 12.5. The fraction of sp³-hybridized carbons (Fsp3) is 0.286. The van der Waals surface area contributed by atoms with Crippen molar-refractivity contribution in [3.05, 3.63) is 65.9 Å². The average molecular weight is 401 g/mol. The maximum atomic E-state index is 12.5. The molecule has 0 aliphatic rings. The van der Waals surface area contributed by atoms with Gasteiger partial charge in [0.15, 0.2) is 5.82 Å². The lowest BCUT2D eigenvalue weighted by Gasteiger charge is -2.15. The first kappa shape index (κ1) is 20.6. The van der Waals surface area contributed by atoms with E-state index in [1.807, 2.05) is 6.07 Å². The van der Waals surface area contributed by atoms with Gasteiger partial charge in [-0.1, -0.05) is 12.1 Å². The Morgan fingerprint density at radius 1 is 1.03 bits per heavy atom. The number of methoxy groups -OCH3 is 1. The Labute approximate surface area is 167 Å². The summed E-state index contributed by atoms with van der Waals surface area (Å²) in [6, 6.07) is 8.24. The number of pyridine rings is 1. The van der Waals surface area contributed by atoms with E-state index in [1.165, 1.54) is 19.2 Å². The number of rotatable bonds is 7. The highest BCUT2D eigenvalue weighted by Gasteiger charge is 2.19. The number of benzene rings is 1. The van der Waals surface area contributed by atoms with Gasteiger partial charge < -0.3 is 14.6 Å². The number of hydrogen-bond donors (Lipinski definition) is 1. The monoisotopic (exact) mass is 401 g/mol. The molecule has 0 bridgehead atoms. The molecular weight excluding hydrogens is 380 g/mol. The van der Waals surface area contributed by atoms with Crippen LogP contribution in [0.25, 0.3) is 11.1 Å². The molecule has 3 aromatic rings. The van der Waals surface area contributed by atoms with Crippen molar-refractivity contribution in [1.29, 1.82) is 0 Å². The highest BCUT2D eigenvalue weighted by Crippen LogP contribution is 2.32. The molecule has 29 heavy (non-hydrogen) atoms. The summed E-state index contributed by atoms with van der Waals surface area (Å²) >= 11 is 0. The van der Waals surface area contributed by atoms with Crippen LogP contribution in [0, 0.1) is 0 Å². The van der Waals surface area contributed by atoms with Crippen LogP contribution in [0.3, 0.4) is 0 Å². The standard InChI is InChI=1S/C21H21F2N3O3/c1-21(2,27)19-25-11-14(12-26-19)7-13-8-17(18(28-3)24-10-13)15-5-4-6-16(9-15)29-20(22)23/h4-6,8-12,20,27H,7H2,1-3H3. The molecule has 0 radical (unpaired) electrons. The summed E-state index contributed by atoms with van der Waals surface area (Å²) in [6.07, 6.45) is 5.48. The SMILES string of the molecule is COc1ncc(Cc2cnc(C(C)(C)O)nc2)cc1-c1cccc(OC(F)F)c1. The van der Waals surface area contributed by atoms with Crippen LogP contribution in [0.4, 0.5) is 8.78 Å². The lowest BCUT2D eigenvalue weighted by molar-refractivity contribution is -0.0498. The Kier molecular flexibility index (Phi) is 6.03. The summed E-state index contributed by atoms with van der Waals surface area (Å²) in [4.78, 5) is 12.7. The lowest BCUT2D eigenvalue weighted by atomic mass is 10.0. The molecule has 0 atom stereocenters. The third-order valence-corrected chi connectivity index (χ3v) is 4.13. The zero-order chi connectivity index (χ0) is 21.0. The van der Waals surface area contributed by atoms with Gasteiger partial charge in [-0.2, -0.15) is 8.78 Å². The molecule has 3 rings (SSSR count). The van der Waals surface area contributed by atoms with E-state index >= 15 is 0 Å². The predicted octanol–water partition coefficient (Wildman–Crippen LogP) is 3.97. The molecule has 1 N–H and O–H groups in total. The largest absolute Gasteiger partial charge is 0.481 e. The third kappa shape index (κ3) is 5.23. The number of hydrogen-bond acceptors (Lipinski definition) is 6. The minimum absolute atomic E-state index is 0.0561. The van der Waals surface area contributed by atoms with E-state index in [9.17, 15) is 13.9 Å². The Bertz CT molecular complexity index is 974. The van der Waals surface area contributed by atoms with Crippen LogP contribution >= 0.6 is 0 Å². The highest BCUT2D eigenvalue weighted by atomic mass is 19.3. The number of aliphatic hydroxyl groups is 1. The number of alkyl halides is 2. The highest BCUT2D eigenvalue weighted by molar-refractivity contribution is 5.70. The van der Waals surface area contributed by atoms with Crippen LogP contribution in [-0.4, -0.2) is 33.8 Å². The maximum Gasteiger partial charge on any atom is 0.387 e. The van der Waals surface area contributed by atoms with Gasteiger partial charge in [-0.25, -0.2) is 15.0 Å². The molecule has 0 amide bonds. The lowest BCUT2D eigenvalue weighted by Crippen LogP contribution is -2.19. The summed E-state index contributed by atoms with van der Waals surface area (Å²) in [5.74, 6) is 0.766. The molecule has 0 saturated heterocycles. The van der Waals surface area contributed by atoms with Gasteiger partial charge in [0, 0.05) is 30.6 Å². The van der Waals surface area contributed by atoms with Crippen molar-refractivity contribution < 1.29 is 23.4 Å². The number of halogens is 2. The molecule has 2 heterocycles. The van der Waals surface area contributed by atoms with Crippen molar-refractivity contribution >= 4 is 0 Å². The summed E-state index contributed by atoms with van der Waals surface area (Å²) in [6.45, 7) is 0.338. The number of nitrogens with zero attached hydrogens (tertiary/aromatic N) is 3. The Morgan fingerprint density at radius 3 is 2.34 bits per heavy atom. The van der Waals surface area contributed by atoms with E-state index in [1.54, 1.807) is 44.6 Å². The van der Waals surface area contributed by atoms with Gasteiger partial charge in [0.05, 0.1) is 7.11 Å². The molecule has 0 unspecified atom stereocenters. The molecule has 0 fully saturated rings. The summed E-state index contributed by atoms with van der Waals surface area (Å²) < 4.78 is 34.9.